The molecule has 0 aromatic heterocycles. The second-order valence-electron chi connectivity index (χ2n) is 4.49. The quantitative estimate of drug-likeness (QED) is 0.690. The molecule has 0 bridgehead atoms. The second kappa shape index (κ2) is 3.93. The first-order valence-corrected chi connectivity index (χ1v) is 5.77. The molecule has 4 nitrogen and oxygen atoms in total. The van der Waals surface area contributed by atoms with Crippen LogP contribution in [0.3, 0.4) is 0 Å². The van der Waals surface area contributed by atoms with Gasteiger partial charge in [-0.15, -0.1) is 0 Å². The Kier molecular flexibility index (Phi) is 2.78. The van der Waals surface area contributed by atoms with E-state index in [2.05, 4.69) is 0 Å². The summed E-state index contributed by atoms with van der Waals surface area (Å²) in [7, 11) is 0. The van der Waals surface area contributed by atoms with E-state index in [1.54, 1.807) is 0 Å². The monoisotopic (exact) mass is 210 g/mol. The summed E-state index contributed by atoms with van der Waals surface area (Å²) >= 11 is 0. The van der Waals surface area contributed by atoms with Crippen molar-refractivity contribution in [2.45, 2.75) is 38.6 Å². The van der Waals surface area contributed by atoms with Crippen molar-refractivity contribution < 1.29 is 9.59 Å². The number of hydrogen-bond donors (Lipinski definition) is 1. The van der Waals surface area contributed by atoms with E-state index in [1.165, 1.54) is 4.90 Å². The van der Waals surface area contributed by atoms with Crippen molar-refractivity contribution in [2.24, 2.45) is 17.6 Å². The van der Waals surface area contributed by atoms with E-state index in [4.69, 9.17) is 5.73 Å². The lowest BCUT2D eigenvalue weighted by Crippen LogP contribution is -2.44. The Balaban J connectivity index is 2.20. The van der Waals surface area contributed by atoms with Crippen LogP contribution in [-0.2, 0) is 9.59 Å². The van der Waals surface area contributed by atoms with Crippen LogP contribution in [0.25, 0.3) is 0 Å². The molecular formula is C11H18N2O2. The van der Waals surface area contributed by atoms with E-state index in [1.807, 2.05) is 6.92 Å². The summed E-state index contributed by atoms with van der Waals surface area (Å²) in [5.41, 5.74) is 5.59. The molecule has 1 saturated heterocycles. The van der Waals surface area contributed by atoms with Crippen molar-refractivity contribution in [2.75, 3.05) is 6.54 Å². The first-order chi connectivity index (χ1) is 7.20. The number of likely N-dealkylation sites (tertiary alicyclic amines) is 1. The zero-order valence-corrected chi connectivity index (χ0v) is 9.11. The molecule has 0 aromatic carbocycles. The van der Waals surface area contributed by atoms with Gasteiger partial charge in [0.25, 0.3) is 0 Å². The zero-order valence-electron chi connectivity index (χ0n) is 9.11. The van der Waals surface area contributed by atoms with Crippen molar-refractivity contribution in [1.29, 1.82) is 0 Å². The summed E-state index contributed by atoms with van der Waals surface area (Å²) in [5.74, 6) is -0.00389. The second-order valence-corrected chi connectivity index (χ2v) is 4.49. The summed E-state index contributed by atoms with van der Waals surface area (Å²) in [5, 5.41) is 0. The van der Waals surface area contributed by atoms with Crippen LogP contribution in [0, 0.1) is 11.8 Å². The number of fused-ring (bicyclic) bond motifs is 1. The van der Waals surface area contributed by atoms with Crippen molar-refractivity contribution in [1.82, 2.24) is 4.90 Å². The largest absolute Gasteiger partial charge is 0.328 e. The van der Waals surface area contributed by atoms with Crippen LogP contribution in [0.1, 0.15) is 32.6 Å². The Morgan fingerprint density at radius 3 is 2.27 bits per heavy atom. The maximum atomic E-state index is 12.0. The first kappa shape index (κ1) is 10.6. The van der Waals surface area contributed by atoms with Gasteiger partial charge in [-0.2, -0.15) is 0 Å². The third-order valence-electron chi connectivity index (χ3n) is 3.73. The summed E-state index contributed by atoms with van der Waals surface area (Å²) < 4.78 is 0. The minimum absolute atomic E-state index is 0.0276. The predicted molar refractivity (Wildman–Crippen MR) is 55.8 cm³/mol. The zero-order chi connectivity index (χ0) is 11.0. The highest BCUT2D eigenvalue weighted by Crippen LogP contribution is 2.40. The van der Waals surface area contributed by atoms with Gasteiger partial charge in [-0.3, -0.25) is 14.5 Å². The maximum Gasteiger partial charge on any atom is 0.233 e. The molecule has 84 valence electrons. The van der Waals surface area contributed by atoms with Crippen LogP contribution in [0.15, 0.2) is 0 Å². The Labute approximate surface area is 89.8 Å². The van der Waals surface area contributed by atoms with Crippen LogP contribution < -0.4 is 5.73 Å². The van der Waals surface area contributed by atoms with Crippen LogP contribution in [0.4, 0.5) is 0 Å². The van der Waals surface area contributed by atoms with Gasteiger partial charge in [-0.05, 0) is 19.3 Å². The topological polar surface area (TPSA) is 63.4 Å². The Morgan fingerprint density at radius 2 is 1.87 bits per heavy atom. The summed E-state index contributed by atoms with van der Waals surface area (Å²) in [6.07, 6.45) is 3.53. The summed E-state index contributed by atoms with van der Waals surface area (Å²) in [6, 6.07) is -0.0874. The minimum Gasteiger partial charge on any atom is -0.328 e. The summed E-state index contributed by atoms with van der Waals surface area (Å²) in [4.78, 5) is 25.5. The highest BCUT2D eigenvalue weighted by atomic mass is 16.2. The van der Waals surface area contributed by atoms with Crippen molar-refractivity contribution in [3.63, 3.8) is 0 Å². The number of amides is 2. The molecule has 2 N–H and O–H groups in total. The van der Waals surface area contributed by atoms with Crippen LogP contribution in [0.5, 0.6) is 0 Å². The number of carbonyl (C=O) groups is 2. The molecule has 1 heterocycles. The van der Waals surface area contributed by atoms with Gasteiger partial charge >= 0.3 is 0 Å². The molecule has 1 aliphatic carbocycles. The molecule has 2 amide bonds. The van der Waals surface area contributed by atoms with Gasteiger partial charge in [-0.1, -0.05) is 13.3 Å². The van der Waals surface area contributed by atoms with Crippen LogP contribution in [-0.4, -0.2) is 29.3 Å². The van der Waals surface area contributed by atoms with Gasteiger partial charge in [0, 0.05) is 6.54 Å². The van der Waals surface area contributed by atoms with E-state index >= 15 is 0 Å². The Morgan fingerprint density at radius 1 is 1.33 bits per heavy atom. The first-order valence-electron chi connectivity index (χ1n) is 5.77. The molecular weight excluding hydrogens is 192 g/mol. The molecule has 2 fully saturated rings. The number of imide groups is 1. The predicted octanol–water partition coefficient (Wildman–Crippen LogP) is 0.509. The van der Waals surface area contributed by atoms with Gasteiger partial charge in [0.1, 0.15) is 0 Å². The standard InChI is InChI=1S/C11H18N2O2/c1-2-7(6-12)13-10(14)8-4-3-5-9(8)11(13)15/h7-9H,2-6,12H2,1H3. The van der Waals surface area contributed by atoms with Gasteiger partial charge < -0.3 is 5.73 Å². The molecule has 4 heteroatoms. The Hall–Kier alpha value is -0.900. The highest BCUT2D eigenvalue weighted by molar-refractivity contribution is 6.05. The lowest BCUT2D eigenvalue weighted by atomic mass is 10.00. The molecule has 2 rings (SSSR count). The fourth-order valence-corrected chi connectivity index (χ4v) is 2.83. The fraction of sp³-hybridized carbons (Fsp3) is 0.818. The third-order valence-corrected chi connectivity index (χ3v) is 3.73. The lowest BCUT2D eigenvalue weighted by molar-refractivity contribution is -0.142. The SMILES string of the molecule is CCC(CN)N1C(=O)C2CCCC2C1=O. The van der Waals surface area contributed by atoms with Crippen LogP contribution >= 0.6 is 0 Å². The minimum atomic E-state index is -0.0874. The molecule has 3 atom stereocenters. The number of carbonyl (C=O) groups excluding carboxylic acids is 2. The molecule has 0 aromatic rings. The average molecular weight is 210 g/mol. The van der Waals surface area contributed by atoms with Gasteiger partial charge in [-0.25, -0.2) is 0 Å². The van der Waals surface area contributed by atoms with E-state index in [0.29, 0.717) is 6.54 Å². The van der Waals surface area contributed by atoms with Gasteiger partial charge in [0.05, 0.1) is 17.9 Å². The smallest absolute Gasteiger partial charge is 0.233 e. The highest BCUT2D eigenvalue weighted by Gasteiger charge is 2.51. The van der Waals surface area contributed by atoms with E-state index in [0.717, 1.165) is 25.7 Å². The molecule has 0 spiro atoms. The number of nitrogens with two attached hydrogens (primary N) is 1. The third kappa shape index (κ3) is 1.47. The summed E-state index contributed by atoms with van der Waals surface area (Å²) in [6.45, 7) is 2.35. The van der Waals surface area contributed by atoms with E-state index in [-0.39, 0.29) is 29.7 Å². The Bertz CT molecular complexity index is 264. The molecule has 2 aliphatic rings. The van der Waals surface area contributed by atoms with Crippen molar-refractivity contribution >= 4 is 11.8 Å². The molecule has 1 saturated carbocycles. The van der Waals surface area contributed by atoms with Crippen LogP contribution in [0.2, 0.25) is 0 Å². The van der Waals surface area contributed by atoms with E-state index in [9.17, 15) is 9.59 Å². The fourth-order valence-electron chi connectivity index (χ4n) is 2.83. The number of nitrogens with zero attached hydrogens (tertiary/aromatic N) is 1. The van der Waals surface area contributed by atoms with Gasteiger partial charge in [0.15, 0.2) is 0 Å². The molecule has 1 aliphatic heterocycles. The van der Waals surface area contributed by atoms with Crippen molar-refractivity contribution in [3.8, 4) is 0 Å². The average Bonchev–Trinajstić information content (AvgIpc) is 2.79. The number of rotatable bonds is 3. The van der Waals surface area contributed by atoms with Gasteiger partial charge in [0.2, 0.25) is 11.8 Å². The van der Waals surface area contributed by atoms with E-state index < -0.39 is 0 Å². The molecule has 15 heavy (non-hydrogen) atoms. The lowest BCUT2D eigenvalue weighted by Gasteiger charge is -2.24. The van der Waals surface area contributed by atoms with Crippen molar-refractivity contribution in [3.05, 3.63) is 0 Å². The molecule has 0 radical (unpaired) electrons. The number of hydrogen-bond acceptors (Lipinski definition) is 3. The molecule has 3 unspecified atom stereocenters. The normalized spacial score (nSPS) is 32.3. The maximum absolute atomic E-state index is 12.0.